The van der Waals surface area contributed by atoms with E-state index < -0.39 is 0 Å². The fourth-order valence-corrected chi connectivity index (χ4v) is 1.09. The van der Waals surface area contributed by atoms with Gasteiger partial charge in [0.25, 0.3) is 0 Å². The van der Waals surface area contributed by atoms with Crippen LogP contribution in [0.1, 0.15) is 33.6 Å². The SMILES string of the molecule is C=CC=CC=CC=CC=CCCC(C)(C)C. The Balaban J connectivity index is 3.67. The molecule has 88 valence electrons. The number of hydrogen-bond donors (Lipinski definition) is 0. The molecule has 0 atom stereocenters. The molecule has 0 amide bonds. The van der Waals surface area contributed by atoms with Crippen LogP contribution in [-0.4, -0.2) is 0 Å². The number of allylic oxidation sites excluding steroid dienone is 9. The molecule has 0 aromatic heterocycles. The van der Waals surface area contributed by atoms with Crippen LogP contribution in [0.15, 0.2) is 61.3 Å². The van der Waals surface area contributed by atoms with Crippen LogP contribution in [0.3, 0.4) is 0 Å². The molecule has 0 bridgehead atoms. The monoisotopic (exact) mass is 216 g/mol. The van der Waals surface area contributed by atoms with Gasteiger partial charge in [-0.2, -0.15) is 0 Å². The summed E-state index contributed by atoms with van der Waals surface area (Å²) in [5.74, 6) is 0. The predicted octanol–water partition coefficient (Wildman–Crippen LogP) is 5.22. The van der Waals surface area contributed by atoms with Crippen LogP contribution in [0.25, 0.3) is 0 Å². The summed E-state index contributed by atoms with van der Waals surface area (Å²) in [5.41, 5.74) is 0.434. The second-order valence-corrected chi connectivity index (χ2v) is 4.92. The second kappa shape index (κ2) is 8.96. The molecule has 0 heteroatoms. The third-order valence-electron chi connectivity index (χ3n) is 2.00. The van der Waals surface area contributed by atoms with Crippen molar-refractivity contribution in [1.82, 2.24) is 0 Å². The van der Waals surface area contributed by atoms with Gasteiger partial charge in [0.2, 0.25) is 0 Å². The lowest BCUT2D eigenvalue weighted by atomic mass is 9.90. The minimum absolute atomic E-state index is 0.434. The van der Waals surface area contributed by atoms with Gasteiger partial charge in [-0.1, -0.05) is 82.0 Å². The molecule has 0 nitrogen and oxygen atoms in total. The van der Waals surface area contributed by atoms with E-state index in [1.165, 1.54) is 6.42 Å². The van der Waals surface area contributed by atoms with E-state index in [9.17, 15) is 0 Å². The summed E-state index contributed by atoms with van der Waals surface area (Å²) >= 11 is 0. The van der Waals surface area contributed by atoms with Gasteiger partial charge in [-0.15, -0.1) is 0 Å². The summed E-state index contributed by atoms with van der Waals surface area (Å²) in [4.78, 5) is 0. The fourth-order valence-electron chi connectivity index (χ4n) is 1.09. The minimum atomic E-state index is 0.434. The molecule has 0 rings (SSSR count). The maximum atomic E-state index is 3.60. The Morgan fingerprint density at radius 3 is 1.81 bits per heavy atom. The zero-order chi connectivity index (χ0) is 12.3. The lowest BCUT2D eigenvalue weighted by Crippen LogP contribution is -2.02. The highest BCUT2D eigenvalue weighted by atomic mass is 14.1. The molecule has 0 N–H and O–H groups in total. The topological polar surface area (TPSA) is 0 Å². The molecule has 0 saturated carbocycles. The lowest BCUT2D eigenvalue weighted by molar-refractivity contribution is 0.381. The predicted molar refractivity (Wildman–Crippen MR) is 75.4 cm³/mol. The van der Waals surface area contributed by atoms with Crippen molar-refractivity contribution in [3.05, 3.63) is 61.3 Å². The molecule has 0 radical (unpaired) electrons. The summed E-state index contributed by atoms with van der Waals surface area (Å²) in [6.07, 6.45) is 20.4. The van der Waals surface area contributed by atoms with Crippen molar-refractivity contribution in [3.63, 3.8) is 0 Å². The summed E-state index contributed by atoms with van der Waals surface area (Å²) in [5, 5.41) is 0. The standard InChI is InChI=1S/C16H24/c1-5-6-7-8-9-10-11-12-13-14-15-16(2,3)4/h5-13H,1,14-15H2,2-4H3. The van der Waals surface area contributed by atoms with Gasteiger partial charge in [0, 0.05) is 0 Å². The van der Waals surface area contributed by atoms with E-state index in [1.54, 1.807) is 6.08 Å². The van der Waals surface area contributed by atoms with E-state index in [-0.39, 0.29) is 0 Å². The van der Waals surface area contributed by atoms with Crippen LogP contribution in [0, 0.1) is 5.41 Å². The molecular formula is C16H24. The Hall–Kier alpha value is -1.30. The molecule has 0 saturated heterocycles. The molecule has 0 heterocycles. The molecule has 16 heavy (non-hydrogen) atoms. The number of rotatable bonds is 6. The van der Waals surface area contributed by atoms with Crippen molar-refractivity contribution < 1.29 is 0 Å². The largest absolute Gasteiger partial charge is 0.0991 e. The van der Waals surface area contributed by atoms with Crippen LogP contribution >= 0.6 is 0 Å². The van der Waals surface area contributed by atoms with Crippen molar-refractivity contribution >= 4 is 0 Å². The highest BCUT2D eigenvalue weighted by Crippen LogP contribution is 2.20. The normalized spacial score (nSPS) is 13.7. The Kier molecular flexibility index (Phi) is 8.24. The van der Waals surface area contributed by atoms with Gasteiger partial charge in [-0.25, -0.2) is 0 Å². The molecule has 0 spiro atoms. The molecule has 0 aromatic rings. The highest BCUT2D eigenvalue weighted by Gasteiger charge is 2.06. The Labute approximate surface area is 101 Å². The first-order valence-corrected chi connectivity index (χ1v) is 5.84. The minimum Gasteiger partial charge on any atom is -0.0991 e. The highest BCUT2D eigenvalue weighted by molar-refractivity contribution is 5.17. The number of hydrogen-bond acceptors (Lipinski definition) is 0. The van der Waals surface area contributed by atoms with Crippen LogP contribution in [-0.2, 0) is 0 Å². The van der Waals surface area contributed by atoms with E-state index in [1.807, 2.05) is 30.4 Å². The van der Waals surface area contributed by atoms with Crippen LogP contribution in [0.2, 0.25) is 0 Å². The van der Waals surface area contributed by atoms with Gasteiger partial charge in [-0.05, 0) is 18.3 Å². The van der Waals surface area contributed by atoms with Crippen molar-refractivity contribution in [2.45, 2.75) is 33.6 Å². The summed E-state index contributed by atoms with van der Waals surface area (Å²) in [7, 11) is 0. The molecule has 0 fully saturated rings. The molecule has 0 aromatic carbocycles. The molecule has 0 aliphatic carbocycles. The average molecular weight is 216 g/mol. The maximum absolute atomic E-state index is 3.60. The van der Waals surface area contributed by atoms with Gasteiger partial charge in [0.05, 0.1) is 0 Å². The zero-order valence-electron chi connectivity index (χ0n) is 10.8. The van der Waals surface area contributed by atoms with Gasteiger partial charge in [0.1, 0.15) is 0 Å². The van der Waals surface area contributed by atoms with Crippen molar-refractivity contribution in [1.29, 1.82) is 0 Å². The fraction of sp³-hybridized carbons (Fsp3) is 0.375. The summed E-state index contributed by atoms with van der Waals surface area (Å²) < 4.78 is 0. The first kappa shape index (κ1) is 14.7. The van der Waals surface area contributed by atoms with Crippen molar-refractivity contribution in [2.75, 3.05) is 0 Å². The van der Waals surface area contributed by atoms with Crippen molar-refractivity contribution in [2.24, 2.45) is 5.41 Å². The Morgan fingerprint density at radius 1 is 0.812 bits per heavy atom. The molecule has 0 unspecified atom stereocenters. The average Bonchev–Trinajstić information content (AvgIpc) is 2.19. The van der Waals surface area contributed by atoms with Crippen LogP contribution in [0.5, 0.6) is 0 Å². The van der Waals surface area contributed by atoms with E-state index in [4.69, 9.17) is 0 Å². The van der Waals surface area contributed by atoms with Gasteiger partial charge in [0.15, 0.2) is 0 Å². The third-order valence-corrected chi connectivity index (χ3v) is 2.00. The first-order chi connectivity index (χ1) is 7.56. The summed E-state index contributed by atoms with van der Waals surface area (Å²) in [6, 6.07) is 0. The molecule has 0 aliphatic heterocycles. The van der Waals surface area contributed by atoms with Crippen molar-refractivity contribution in [3.8, 4) is 0 Å². The van der Waals surface area contributed by atoms with Gasteiger partial charge in [-0.3, -0.25) is 0 Å². The quantitative estimate of drug-likeness (QED) is 0.534. The van der Waals surface area contributed by atoms with E-state index in [0.717, 1.165) is 6.42 Å². The Morgan fingerprint density at radius 2 is 1.31 bits per heavy atom. The zero-order valence-corrected chi connectivity index (χ0v) is 10.8. The third kappa shape index (κ3) is 12.7. The molecular weight excluding hydrogens is 192 g/mol. The smallest absolute Gasteiger partial charge is 0.0343 e. The summed E-state index contributed by atoms with van der Waals surface area (Å²) in [6.45, 7) is 10.4. The van der Waals surface area contributed by atoms with E-state index >= 15 is 0 Å². The van der Waals surface area contributed by atoms with E-state index in [2.05, 4.69) is 45.6 Å². The first-order valence-electron chi connectivity index (χ1n) is 5.84. The van der Waals surface area contributed by atoms with E-state index in [0.29, 0.717) is 5.41 Å². The van der Waals surface area contributed by atoms with Gasteiger partial charge < -0.3 is 0 Å². The maximum Gasteiger partial charge on any atom is -0.0343 e. The van der Waals surface area contributed by atoms with Crippen LogP contribution in [0.4, 0.5) is 0 Å². The molecule has 0 aliphatic rings. The lowest BCUT2D eigenvalue weighted by Gasteiger charge is -2.15. The Bertz CT molecular complexity index is 280. The van der Waals surface area contributed by atoms with Crippen LogP contribution < -0.4 is 0 Å². The van der Waals surface area contributed by atoms with Gasteiger partial charge >= 0.3 is 0 Å². The second-order valence-electron chi connectivity index (χ2n) is 4.92.